The SMILES string of the molecule is Cc1cc(C)c(NC(=O)C2CN(C(=O)c3ccc4c(c3)OCO4)C2)c(C)c1. The number of carbonyl (C=O) groups excluding carboxylic acids is 2. The molecular weight excluding hydrogens is 344 g/mol. The summed E-state index contributed by atoms with van der Waals surface area (Å²) >= 11 is 0. The van der Waals surface area contributed by atoms with Gasteiger partial charge in [-0.2, -0.15) is 0 Å². The minimum Gasteiger partial charge on any atom is -0.454 e. The maximum atomic E-state index is 12.6. The van der Waals surface area contributed by atoms with E-state index in [1.807, 2.05) is 20.8 Å². The number of carbonyl (C=O) groups is 2. The summed E-state index contributed by atoms with van der Waals surface area (Å²) in [5, 5.41) is 3.03. The van der Waals surface area contributed by atoms with Gasteiger partial charge in [-0.25, -0.2) is 0 Å². The average Bonchev–Trinajstić information content (AvgIpc) is 3.04. The first-order valence-corrected chi connectivity index (χ1v) is 9.00. The fourth-order valence-corrected chi connectivity index (χ4v) is 3.62. The van der Waals surface area contributed by atoms with Crippen molar-refractivity contribution < 1.29 is 19.1 Å². The molecular formula is C21H22N2O4. The third kappa shape index (κ3) is 3.23. The van der Waals surface area contributed by atoms with Crippen LogP contribution in [0.2, 0.25) is 0 Å². The molecule has 4 rings (SSSR count). The van der Waals surface area contributed by atoms with Crippen LogP contribution in [0.25, 0.3) is 0 Å². The molecule has 2 amide bonds. The Morgan fingerprint density at radius 1 is 1.00 bits per heavy atom. The smallest absolute Gasteiger partial charge is 0.254 e. The van der Waals surface area contributed by atoms with Gasteiger partial charge < -0.3 is 19.7 Å². The number of hydrogen-bond donors (Lipinski definition) is 1. The minimum absolute atomic E-state index is 0.0419. The van der Waals surface area contributed by atoms with E-state index in [1.54, 1.807) is 23.1 Å². The quantitative estimate of drug-likeness (QED) is 0.907. The third-order valence-corrected chi connectivity index (χ3v) is 5.08. The van der Waals surface area contributed by atoms with Gasteiger partial charge in [-0.05, 0) is 50.1 Å². The van der Waals surface area contributed by atoms with Crippen LogP contribution < -0.4 is 14.8 Å². The van der Waals surface area contributed by atoms with Crippen molar-refractivity contribution in [2.45, 2.75) is 20.8 Å². The Labute approximate surface area is 158 Å². The van der Waals surface area contributed by atoms with Crippen LogP contribution in [0, 0.1) is 26.7 Å². The number of amides is 2. The predicted molar refractivity (Wildman–Crippen MR) is 101 cm³/mol. The highest BCUT2D eigenvalue weighted by atomic mass is 16.7. The maximum Gasteiger partial charge on any atom is 0.254 e. The molecule has 0 aromatic heterocycles. The van der Waals surface area contributed by atoms with Crippen molar-refractivity contribution in [1.82, 2.24) is 4.90 Å². The Balaban J connectivity index is 1.38. The van der Waals surface area contributed by atoms with Gasteiger partial charge in [-0.1, -0.05) is 17.7 Å². The summed E-state index contributed by atoms with van der Waals surface area (Å²) in [6.07, 6.45) is 0. The summed E-state index contributed by atoms with van der Waals surface area (Å²) in [5.74, 6) is 0.903. The van der Waals surface area contributed by atoms with E-state index in [0.717, 1.165) is 16.8 Å². The van der Waals surface area contributed by atoms with E-state index < -0.39 is 0 Å². The Kier molecular flexibility index (Phi) is 4.26. The molecule has 1 saturated heterocycles. The number of ether oxygens (including phenoxy) is 2. The molecule has 0 radical (unpaired) electrons. The van der Waals surface area contributed by atoms with Crippen LogP contribution in [0.4, 0.5) is 5.69 Å². The number of nitrogens with zero attached hydrogens (tertiary/aromatic N) is 1. The number of fused-ring (bicyclic) bond motifs is 1. The first kappa shape index (κ1) is 17.4. The molecule has 0 saturated carbocycles. The lowest BCUT2D eigenvalue weighted by atomic mass is 9.96. The monoisotopic (exact) mass is 366 g/mol. The van der Waals surface area contributed by atoms with Crippen molar-refractivity contribution >= 4 is 17.5 Å². The summed E-state index contributed by atoms with van der Waals surface area (Å²) in [4.78, 5) is 26.8. The van der Waals surface area contributed by atoms with E-state index in [-0.39, 0.29) is 24.5 Å². The van der Waals surface area contributed by atoms with Gasteiger partial charge >= 0.3 is 0 Å². The number of rotatable bonds is 3. The van der Waals surface area contributed by atoms with E-state index in [9.17, 15) is 9.59 Å². The molecule has 0 bridgehead atoms. The van der Waals surface area contributed by atoms with Crippen LogP contribution in [-0.2, 0) is 4.79 Å². The number of benzene rings is 2. The minimum atomic E-state index is -0.192. The predicted octanol–water partition coefficient (Wildman–Crippen LogP) is 3.05. The van der Waals surface area contributed by atoms with Crippen molar-refractivity contribution in [2.75, 3.05) is 25.2 Å². The zero-order valence-corrected chi connectivity index (χ0v) is 15.7. The number of hydrogen-bond acceptors (Lipinski definition) is 4. The highest BCUT2D eigenvalue weighted by molar-refractivity contribution is 5.99. The molecule has 1 N–H and O–H groups in total. The van der Waals surface area contributed by atoms with Crippen molar-refractivity contribution in [3.8, 4) is 11.5 Å². The van der Waals surface area contributed by atoms with Gasteiger partial charge in [0.1, 0.15) is 0 Å². The molecule has 2 aromatic rings. The normalized spacial score (nSPS) is 15.4. The third-order valence-electron chi connectivity index (χ3n) is 5.08. The molecule has 140 valence electrons. The second kappa shape index (κ2) is 6.61. The first-order chi connectivity index (χ1) is 12.9. The molecule has 0 atom stereocenters. The van der Waals surface area contributed by atoms with E-state index in [1.165, 1.54) is 5.56 Å². The van der Waals surface area contributed by atoms with Gasteiger partial charge in [0.25, 0.3) is 5.91 Å². The molecule has 6 nitrogen and oxygen atoms in total. The standard InChI is InChI=1S/C21H22N2O4/c1-12-6-13(2)19(14(3)7-12)22-20(24)16-9-23(10-16)21(25)15-4-5-17-18(8-15)27-11-26-17/h4-8,16H,9-11H2,1-3H3,(H,22,24). The zero-order valence-electron chi connectivity index (χ0n) is 15.7. The van der Waals surface area contributed by atoms with Crippen molar-refractivity contribution in [2.24, 2.45) is 5.92 Å². The Hall–Kier alpha value is -3.02. The molecule has 2 heterocycles. The number of aryl methyl sites for hydroxylation is 3. The molecule has 27 heavy (non-hydrogen) atoms. The van der Waals surface area contributed by atoms with Gasteiger partial charge in [-0.15, -0.1) is 0 Å². The van der Waals surface area contributed by atoms with Crippen LogP contribution in [-0.4, -0.2) is 36.6 Å². The lowest BCUT2D eigenvalue weighted by molar-refractivity contribution is -0.123. The summed E-state index contributed by atoms with van der Waals surface area (Å²) in [6.45, 7) is 7.04. The van der Waals surface area contributed by atoms with Crippen LogP contribution in [0.1, 0.15) is 27.0 Å². The second-order valence-electron chi connectivity index (χ2n) is 7.24. The van der Waals surface area contributed by atoms with Crippen molar-refractivity contribution in [3.63, 3.8) is 0 Å². The fourth-order valence-electron chi connectivity index (χ4n) is 3.62. The fraction of sp³-hybridized carbons (Fsp3) is 0.333. The van der Waals surface area contributed by atoms with Crippen LogP contribution in [0.5, 0.6) is 11.5 Å². The zero-order chi connectivity index (χ0) is 19.1. The lowest BCUT2D eigenvalue weighted by Gasteiger charge is -2.38. The van der Waals surface area contributed by atoms with Crippen LogP contribution in [0.15, 0.2) is 30.3 Å². The van der Waals surface area contributed by atoms with Crippen LogP contribution in [0.3, 0.4) is 0 Å². The molecule has 2 aromatic carbocycles. The summed E-state index contributed by atoms with van der Waals surface area (Å²) < 4.78 is 10.6. The van der Waals surface area contributed by atoms with Crippen molar-refractivity contribution in [3.05, 3.63) is 52.6 Å². The van der Waals surface area contributed by atoms with Gasteiger partial charge in [0.05, 0.1) is 5.92 Å². The molecule has 0 aliphatic carbocycles. The van der Waals surface area contributed by atoms with Crippen LogP contribution >= 0.6 is 0 Å². The second-order valence-corrected chi connectivity index (χ2v) is 7.24. The molecule has 2 aliphatic rings. The van der Waals surface area contributed by atoms with E-state index in [4.69, 9.17) is 9.47 Å². The molecule has 1 fully saturated rings. The lowest BCUT2D eigenvalue weighted by Crippen LogP contribution is -2.54. The Bertz CT molecular complexity index is 909. The van der Waals surface area contributed by atoms with Crippen molar-refractivity contribution in [1.29, 1.82) is 0 Å². The topological polar surface area (TPSA) is 67.9 Å². The highest BCUT2D eigenvalue weighted by Crippen LogP contribution is 2.33. The van der Waals surface area contributed by atoms with E-state index in [2.05, 4.69) is 17.4 Å². The summed E-state index contributed by atoms with van der Waals surface area (Å²) in [5.41, 5.74) is 4.68. The molecule has 0 spiro atoms. The average molecular weight is 366 g/mol. The molecule has 0 unspecified atom stereocenters. The van der Waals surface area contributed by atoms with Gasteiger partial charge in [0, 0.05) is 24.3 Å². The Morgan fingerprint density at radius 2 is 1.67 bits per heavy atom. The first-order valence-electron chi connectivity index (χ1n) is 9.00. The molecule has 6 heteroatoms. The number of likely N-dealkylation sites (tertiary alicyclic amines) is 1. The van der Waals surface area contributed by atoms with E-state index in [0.29, 0.717) is 30.2 Å². The van der Waals surface area contributed by atoms with E-state index >= 15 is 0 Å². The van der Waals surface area contributed by atoms with Gasteiger partial charge in [0.15, 0.2) is 11.5 Å². The summed E-state index contributed by atoms with van der Waals surface area (Å²) in [7, 11) is 0. The van der Waals surface area contributed by atoms with Gasteiger partial charge in [0.2, 0.25) is 12.7 Å². The Morgan fingerprint density at radius 3 is 2.37 bits per heavy atom. The largest absolute Gasteiger partial charge is 0.454 e. The maximum absolute atomic E-state index is 12.6. The summed E-state index contributed by atoms with van der Waals surface area (Å²) in [6, 6.07) is 9.26. The molecule has 2 aliphatic heterocycles. The number of anilines is 1. The van der Waals surface area contributed by atoms with Gasteiger partial charge in [-0.3, -0.25) is 9.59 Å². The highest BCUT2D eigenvalue weighted by Gasteiger charge is 2.36. The number of nitrogens with one attached hydrogen (secondary N) is 1.